The minimum absolute atomic E-state index is 0.189. The van der Waals surface area contributed by atoms with Crippen molar-refractivity contribution in [1.82, 2.24) is 5.32 Å². The lowest BCUT2D eigenvalue weighted by atomic mass is 9.93. The zero-order valence-electron chi connectivity index (χ0n) is 12.0. The number of para-hydroxylation sites is 1. The molecule has 0 spiro atoms. The third-order valence-corrected chi connectivity index (χ3v) is 4.26. The second-order valence-corrected chi connectivity index (χ2v) is 6.11. The van der Waals surface area contributed by atoms with Crippen LogP contribution in [0.2, 0.25) is 0 Å². The highest BCUT2D eigenvalue weighted by atomic mass is 32.2. The van der Waals surface area contributed by atoms with Gasteiger partial charge in [0.25, 0.3) is 0 Å². The van der Waals surface area contributed by atoms with Crippen LogP contribution in [0.25, 0.3) is 0 Å². The summed E-state index contributed by atoms with van der Waals surface area (Å²) in [5.74, 6) is -0.675. The summed E-state index contributed by atoms with van der Waals surface area (Å²) in [5, 5.41) is 15.1. The number of amides is 1. The second kappa shape index (κ2) is 7.36. The van der Waals surface area contributed by atoms with Crippen molar-refractivity contribution in [2.75, 3.05) is 23.9 Å². The molecule has 0 aliphatic carbocycles. The number of carboxylic acid groups (broad SMARTS) is 1. The fourth-order valence-electron chi connectivity index (χ4n) is 2.41. The highest BCUT2D eigenvalue weighted by Gasteiger charge is 2.27. The number of anilines is 1. The molecule has 0 saturated carbocycles. The number of hydrogen-bond acceptors (Lipinski definition) is 4. The number of carbonyl (C=O) groups is 2. The number of hydrogen-bond donors (Lipinski definition) is 3. The maximum absolute atomic E-state index is 12.3. The quantitative estimate of drug-likeness (QED) is 0.744. The van der Waals surface area contributed by atoms with E-state index in [2.05, 4.69) is 10.6 Å². The molecule has 1 unspecified atom stereocenters. The van der Waals surface area contributed by atoms with Gasteiger partial charge < -0.3 is 15.7 Å². The van der Waals surface area contributed by atoms with E-state index < -0.39 is 12.0 Å². The van der Waals surface area contributed by atoms with Crippen molar-refractivity contribution >= 4 is 29.3 Å². The highest BCUT2D eigenvalue weighted by Crippen LogP contribution is 2.24. The Balaban J connectivity index is 1.96. The lowest BCUT2D eigenvalue weighted by Gasteiger charge is -2.26. The predicted molar refractivity (Wildman–Crippen MR) is 84.7 cm³/mol. The lowest BCUT2D eigenvalue weighted by molar-refractivity contribution is -0.142. The van der Waals surface area contributed by atoms with Gasteiger partial charge in [0.1, 0.15) is 6.04 Å². The van der Waals surface area contributed by atoms with Gasteiger partial charge in [-0.3, -0.25) is 4.79 Å². The number of nitrogens with one attached hydrogen (secondary N) is 2. The fraction of sp³-hybridized carbons (Fsp3) is 0.467. The third-order valence-electron chi connectivity index (χ3n) is 3.62. The van der Waals surface area contributed by atoms with Gasteiger partial charge in [-0.2, -0.15) is 11.8 Å². The zero-order chi connectivity index (χ0) is 15.2. The van der Waals surface area contributed by atoms with Gasteiger partial charge in [-0.15, -0.1) is 0 Å². The molecule has 6 heteroatoms. The molecular weight excluding hydrogens is 288 g/mol. The summed E-state index contributed by atoms with van der Waals surface area (Å²) in [6.45, 7) is 0.539. The van der Waals surface area contributed by atoms with Crippen molar-refractivity contribution in [3.63, 3.8) is 0 Å². The third kappa shape index (κ3) is 4.14. The summed E-state index contributed by atoms with van der Waals surface area (Å²) in [4.78, 5) is 23.4. The monoisotopic (exact) mass is 308 g/mol. The normalized spacial score (nSPS) is 18.2. The van der Waals surface area contributed by atoms with E-state index in [9.17, 15) is 9.59 Å². The highest BCUT2D eigenvalue weighted by molar-refractivity contribution is 7.98. The molecule has 5 nitrogen and oxygen atoms in total. The van der Waals surface area contributed by atoms with E-state index >= 15 is 0 Å². The van der Waals surface area contributed by atoms with E-state index in [0.717, 1.165) is 11.3 Å². The van der Waals surface area contributed by atoms with E-state index in [1.165, 1.54) is 0 Å². The van der Waals surface area contributed by atoms with Crippen LogP contribution in [0.5, 0.6) is 0 Å². The number of fused-ring (bicyclic) bond motifs is 1. The Morgan fingerprint density at radius 3 is 2.95 bits per heavy atom. The SMILES string of the molecule is CSCC[C@@H](NC(=O)C1CNc2ccccc2C1)C(=O)O. The van der Waals surface area contributed by atoms with Gasteiger partial charge >= 0.3 is 5.97 Å². The van der Waals surface area contributed by atoms with Crippen LogP contribution < -0.4 is 10.6 Å². The van der Waals surface area contributed by atoms with Gasteiger partial charge in [-0.25, -0.2) is 4.79 Å². The average Bonchev–Trinajstić information content (AvgIpc) is 2.50. The summed E-state index contributed by atoms with van der Waals surface area (Å²) < 4.78 is 0. The Kier molecular flexibility index (Phi) is 5.50. The Hall–Kier alpha value is -1.69. The maximum Gasteiger partial charge on any atom is 0.326 e. The van der Waals surface area contributed by atoms with E-state index in [1.54, 1.807) is 11.8 Å². The molecule has 0 aromatic heterocycles. The van der Waals surface area contributed by atoms with Crippen molar-refractivity contribution in [2.45, 2.75) is 18.9 Å². The molecular formula is C15H20N2O3S. The second-order valence-electron chi connectivity index (χ2n) is 5.12. The van der Waals surface area contributed by atoms with E-state index in [4.69, 9.17) is 5.11 Å². The van der Waals surface area contributed by atoms with Crippen LogP contribution in [-0.2, 0) is 16.0 Å². The van der Waals surface area contributed by atoms with Gasteiger partial charge in [0.2, 0.25) is 5.91 Å². The maximum atomic E-state index is 12.3. The van der Waals surface area contributed by atoms with Gasteiger partial charge in [-0.1, -0.05) is 18.2 Å². The van der Waals surface area contributed by atoms with Crippen LogP contribution >= 0.6 is 11.8 Å². The first-order valence-electron chi connectivity index (χ1n) is 6.95. The summed E-state index contributed by atoms with van der Waals surface area (Å²) >= 11 is 1.57. The first-order chi connectivity index (χ1) is 10.1. The Labute approximate surface area is 128 Å². The lowest BCUT2D eigenvalue weighted by Crippen LogP contribution is -2.46. The summed E-state index contributed by atoms with van der Waals surface area (Å²) in [6, 6.07) is 7.07. The number of carboxylic acids is 1. The zero-order valence-corrected chi connectivity index (χ0v) is 12.8. The van der Waals surface area contributed by atoms with E-state index in [-0.39, 0.29) is 11.8 Å². The first-order valence-corrected chi connectivity index (χ1v) is 8.35. The van der Waals surface area contributed by atoms with Crippen LogP contribution in [0.15, 0.2) is 24.3 Å². The number of benzene rings is 1. The van der Waals surface area contributed by atoms with Gasteiger partial charge in [0, 0.05) is 12.2 Å². The first kappa shape index (κ1) is 15.7. The topological polar surface area (TPSA) is 78.4 Å². The molecule has 3 N–H and O–H groups in total. The molecule has 1 amide bonds. The van der Waals surface area contributed by atoms with Gasteiger partial charge in [0.05, 0.1) is 5.92 Å². The molecule has 0 radical (unpaired) electrons. The molecule has 1 aliphatic heterocycles. The van der Waals surface area contributed by atoms with Gasteiger partial charge in [-0.05, 0) is 36.5 Å². The van der Waals surface area contributed by atoms with E-state index in [0.29, 0.717) is 25.1 Å². The Morgan fingerprint density at radius 2 is 2.24 bits per heavy atom. The smallest absolute Gasteiger partial charge is 0.326 e. The van der Waals surface area contributed by atoms with E-state index in [1.807, 2.05) is 30.5 Å². The minimum atomic E-state index is -0.971. The van der Waals surface area contributed by atoms with Crippen LogP contribution in [0.1, 0.15) is 12.0 Å². The number of aliphatic carboxylic acids is 1. The van der Waals surface area contributed by atoms with Crippen LogP contribution in [0, 0.1) is 5.92 Å². The fourth-order valence-corrected chi connectivity index (χ4v) is 2.88. The molecule has 1 aromatic rings. The van der Waals surface area contributed by atoms with Crippen molar-refractivity contribution in [2.24, 2.45) is 5.92 Å². The largest absolute Gasteiger partial charge is 0.480 e. The molecule has 0 saturated heterocycles. The minimum Gasteiger partial charge on any atom is -0.480 e. The van der Waals surface area contributed by atoms with Crippen molar-refractivity contribution < 1.29 is 14.7 Å². The molecule has 2 atom stereocenters. The average molecular weight is 308 g/mol. The predicted octanol–water partition coefficient (Wildman–Crippen LogP) is 1.59. The standard InChI is InChI=1S/C15H20N2O3S/c1-21-7-6-13(15(19)20)17-14(18)11-8-10-4-2-3-5-12(10)16-9-11/h2-5,11,13,16H,6-9H2,1H3,(H,17,18)(H,19,20)/t11?,13-/m1/s1. The molecule has 1 aromatic carbocycles. The summed E-state index contributed by atoms with van der Waals surface area (Å²) in [7, 11) is 0. The Bertz CT molecular complexity index is 521. The number of rotatable bonds is 6. The molecule has 0 bridgehead atoms. The molecule has 21 heavy (non-hydrogen) atoms. The van der Waals surface area contributed by atoms with Crippen molar-refractivity contribution in [1.29, 1.82) is 0 Å². The van der Waals surface area contributed by atoms with Gasteiger partial charge in [0.15, 0.2) is 0 Å². The summed E-state index contributed by atoms with van der Waals surface area (Å²) in [6.07, 6.45) is 3.01. The molecule has 114 valence electrons. The van der Waals surface area contributed by atoms with Crippen LogP contribution in [0.4, 0.5) is 5.69 Å². The molecule has 0 fully saturated rings. The molecule has 1 heterocycles. The number of carbonyl (C=O) groups excluding carboxylic acids is 1. The molecule has 1 aliphatic rings. The number of thioether (sulfide) groups is 1. The van der Waals surface area contributed by atoms with Crippen molar-refractivity contribution in [3.05, 3.63) is 29.8 Å². The van der Waals surface area contributed by atoms with Crippen LogP contribution in [-0.4, -0.2) is 41.6 Å². The summed E-state index contributed by atoms with van der Waals surface area (Å²) in [5.41, 5.74) is 2.15. The molecule has 2 rings (SSSR count). The van der Waals surface area contributed by atoms with Crippen molar-refractivity contribution in [3.8, 4) is 0 Å². The van der Waals surface area contributed by atoms with Crippen LogP contribution in [0.3, 0.4) is 0 Å². The Morgan fingerprint density at radius 1 is 1.48 bits per heavy atom.